The van der Waals surface area contributed by atoms with Gasteiger partial charge in [-0.15, -0.1) is 0 Å². The predicted molar refractivity (Wildman–Crippen MR) is 83.1 cm³/mol. The maximum absolute atomic E-state index is 12.1. The van der Waals surface area contributed by atoms with Crippen LogP contribution in [0.1, 0.15) is 18.9 Å². The molecule has 1 fully saturated rings. The summed E-state index contributed by atoms with van der Waals surface area (Å²) in [5, 5.41) is 13.6. The highest BCUT2D eigenvalue weighted by molar-refractivity contribution is 7.91. The van der Waals surface area contributed by atoms with Gasteiger partial charge in [-0.3, -0.25) is 14.9 Å². The molecule has 1 aliphatic heterocycles. The van der Waals surface area contributed by atoms with E-state index >= 15 is 0 Å². The van der Waals surface area contributed by atoms with Gasteiger partial charge in [0.2, 0.25) is 0 Å². The summed E-state index contributed by atoms with van der Waals surface area (Å²) in [5.41, 5.74) is 0.491. The van der Waals surface area contributed by atoms with Crippen molar-refractivity contribution < 1.29 is 22.9 Å². The molecule has 1 N–H and O–H groups in total. The summed E-state index contributed by atoms with van der Waals surface area (Å²) in [6.45, 7) is 3.18. The molecule has 0 aliphatic carbocycles. The van der Waals surface area contributed by atoms with E-state index in [9.17, 15) is 23.3 Å². The monoisotopic (exact) mass is 342 g/mol. The van der Waals surface area contributed by atoms with Crippen LogP contribution in [-0.4, -0.2) is 42.9 Å². The normalized spacial score (nSPS) is 20.7. The van der Waals surface area contributed by atoms with Crippen LogP contribution in [0.3, 0.4) is 0 Å². The van der Waals surface area contributed by atoms with E-state index < -0.39 is 32.8 Å². The standard InChI is InChI=1S/C14H18N2O6S/c1-9-3-4-13(12(7-9)16(18)19)22-10(2)14(17)15-11-5-6-23(20,21)8-11/h3-4,7,10-11H,5-6,8H2,1-2H3,(H,15,17)/t10-,11-/m1/s1. The van der Waals surface area contributed by atoms with Crippen molar-refractivity contribution in [1.29, 1.82) is 0 Å². The van der Waals surface area contributed by atoms with Gasteiger partial charge >= 0.3 is 5.69 Å². The summed E-state index contributed by atoms with van der Waals surface area (Å²) in [6, 6.07) is 4.02. The van der Waals surface area contributed by atoms with Crippen LogP contribution >= 0.6 is 0 Å². The van der Waals surface area contributed by atoms with Gasteiger partial charge in [0.15, 0.2) is 21.7 Å². The summed E-state index contributed by atoms with van der Waals surface area (Å²) in [7, 11) is -3.09. The molecule has 0 unspecified atom stereocenters. The van der Waals surface area contributed by atoms with Crippen molar-refractivity contribution in [2.45, 2.75) is 32.4 Å². The lowest BCUT2D eigenvalue weighted by molar-refractivity contribution is -0.386. The fourth-order valence-corrected chi connectivity index (χ4v) is 4.01. The van der Waals surface area contributed by atoms with Crippen LogP contribution in [0.25, 0.3) is 0 Å². The summed E-state index contributed by atoms with van der Waals surface area (Å²) in [6.07, 6.45) is -0.606. The van der Waals surface area contributed by atoms with Gasteiger partial charge in [0.25, 0.3) is 5.91 Å². The van der Waals surface area contributed by atoms with Gasteiger partial charge in [0.05, 0.1) is 16.4 Å². The Labute approximate surface area is 133 Å². The Morgan fingerprint density at radius 3 is 2.74 bits per heavy atom. The zero-order valence-electron chi connectivity index (χ0n) is 12.8. The number of nitrogens with one attached hydrogen (secondary N) is 1. The fourth-order valence-electron chi connectivity index (χ4n) is 2.34. The third kappa shape index (κ3) is 4.41. The van der Waals surface area contributed by atoms with E-state index in [0.29, 0.717) is 12.0 Å². The van der Waals surface area contributed by atoms with Gasteiger partial charge in [0.1, 0.15) is 0 Å². The van der Waals surface area contributed by atoms with Crippen LogP contribution in [0.4, 0.5) is 5.69 Å². The highest BCUT2D eigenvalue weighted by Gasteiger charge is 2.30. The van der Waals surface area contributed by atoms with E-state index in [-0.39, 0.29) is 22.9 Å². The van der Waals surface area contributed by atoms with Crippen molar-refractivity contribution in [3.05, 3.63) is 33.9 Å². The van der Waals surface area contributed by atoms with Gasteiger partial charge < -0.3 is 10.1 Å². The largest absolute Gasteiger partial charge is 0.474 e. The third-order valence-corrected chi connectivity index (χ3v) is 5.33. The molecule has 1 heterocycles. The Kier molecular flexibility index (Phi) is 4.88. The molecule has 1 aromatic rings. The zero-order valence-corrected chi connectivity index (χ0v) is 13.6. The second-order valence-corrected chi connectivity index (χ2v) is 7.83. The lowest BCUT2D eigenvalue weighted by atomic mass is 10.2. The smallest absolute Gasteiger partial charge is 0.311 e. The number of benzene rings is 1. The molecule has 23 heavy (non-hydrogen) atoms. The van der Waals surface area contributed by atoms with Crippen LogP contribution in [-0.2, 0) is 14.6 Å². The molecule has 9 heteroatoms. The first-order chi connectivity index (χ1) is 10.7. The lowest BCUT2D eigenvalue weighted by Gasteiger charge is -2.17. The minimum Gasteiger partial charge on any atom is -0.474 e. The maximum atomic E-state index is 12.1. The first kappa shape index (κ1) is 17.2. The molecular formula is C14H18N2O6S. The van der Waals surface area contributed by atoms with E-state index in [4.69, 9.17) is 4.74 Å². The Hall–Kier alpha value is -2.16. The summed E-state index contributed by atoms with van der Waals surface area (Å²) in [5.74, 6) is -0.531. The van der Waals surface area contributed by atoms with Crippen molar-refractivity contribution in [2.75, 3.05) is 11.5 Å². The molecule has 1 aromatic carbocycles. The number of hydrogen-bond donors (Lipinski definition) is 1. The first-order valence-electron chi connectivity index (χ1n) is 7.10. The number of amides is 1. The van der Waals surface area contributed by atoms with Gasteiger partial charge in [-0.25, -0.2) is 8.42 Å². The Balaban J connectivity index is 2.03. The molecule has 0 bridgehead atoms. The van der Waals surface area contributed by atoms with E-state index in [1.54, 1.807) is 13.0 Å². The van der Waals surface area contributed by atoms with Gasteiger partial charge in [-0.1, -0.05) is 6.07 Å². The van der Waals surface area contributed by atoms with Gasteiger partial charge in [-0.2, -0.15) is 0 Å². The summed E-state index contributed by atoms with van der Waals surface area (Å²) >= 11 is 0. The number of nitrogens with zero attached hydrogens (tertiary/aromatic N) is 1. The SMILES string of the molecule is Cc1ccc(O[C@H](C)C(=O)N[C@@H]2CCS(=O)(=O)C2)c([N+](=O)[O-])c1. The average Bonchev–Trinajstić information content (AvgIpc) is 2.79. The third-order valence-electron chi connectivity index (χ3n) is 3.56. The van der Waals surface area contributed by atoms with Gasteiger partial charge in [-0.05, 0) is 31.9 Å². The topological polar surface area (TPSA) is 116 Å². The Bertz CT molecular complexity index is 731. The number of carbonyl (C=O) groups is 1. The molecule has 1 saturated heterocycles. The molecule has 0 spiro atoms. The van der Waals surface area contributed by atoms with Crippen molar-refractivity contribution in [1.82, 2.24) is 5.32 Å². The summed E-state index contributed by atoms with van der Waals surface area (Å²) < 4.78 is 28.1. The quantitative estimate of drug-likeness (QED) is 0.630. The molecule has 1 amide bonds. The van der Waals surface area contributed by atoms with E-state index in [0.717, 1.165) is 0 Å². The van der Waals surface area contributed by atoms with E-state index in [2.05, 4.69) is 5.32 Å². The second-order valence-electron chi connectivity index (χ2n) is 5.60. The fraction of sp³-hybridized carbons (Fsp3) is 0.500. The van der Waals surface area contributed by atoms with Crippen LogP contribution in [0.5, 0.6) is 5.75 Å². The molecule has 0 saturated carbocycles. The highest BCUT2D eigenvalue weighted by atomic mass is 32.2. The number of rotatable bonds is 5. The van der Waals surface area contributed by atoms with Crippen molar-refractivity contribution >= 4 is 21.4 Å². The number of hydrogen-bond acceptors (Lipinski definition) is 6. The minimum atomic E-state index is -3.09. The number of ether oxygens (including phenoxy) is 1. The molecule has 1 aliphatic rings. The van der Waals surface area contributed by atoms with Crippen LogP contribution in [0, 0.1) is 17.0 Å². The van der Waals surface area contributed by atoms with Crippen LogP contribution in [0.2, 0.25) is 0 Å². The van der Waals surface area contributed by atoms with Crippen molar-refractivity contribution in [2.24, 2.45) is 0 Å². The van der Waals surface area contributed by atoms with E-state index in [1.807, 2.05) is 0 Å². The molecule has 2 rings (SSSR count). The molecule has 0 radical (unpaired) electrons. The Morgan fingerprint density at radius 1 is 1.48 bits per heavy atom. The minimum absolute atomic E-state index is 0.00212. The lowest BCUT2D eigenvalue weighted by Crippen LogP contribution is -2.43. The molecule has 0 aromatic heterocycles. The van der Waals surface area contributed by atoms with E-state index in [1.165, 1.54) is 19.1 Å². The predicted octanol–water partition coefficient (Wildman–Crippen LogP) is 0.974. The average molecular weight is 342 g/mol. The number of carbonyl (C=O) groups excluding carboxylic acids is 1. The zero-order chi connectivity index (χ0) is 17.2. The molecule has 8 nitrogen and oxygen atoms in total. The van der Waals surface area contributed by atoms with Crippen LogP contribution in [0.15, 0.2) is 18.2 Å². The number of nitro groups is 1. The second kappa shape index (κ2) is 6.53. The van der Waals surface area contributed by atoms with Gasteiger partial charge in [0, 0.05) is 12.1 Å². The highest BCUT2D eigenvalue weighted by Crippen LogP contribution is 2.28. The molecular weight excluding hydrogens is 324 g/mol. The number of aryl methyl sites for hydroxylation is 1. The number of sulfone groups is 1. The number of nitro benzene ring substituents is 1. The summed E-state index contributed by atoms with van der Waals surface area (Å²) in [4.78, 5) is 22.5. The Morgan fingerprint density at radius 2 is 2.17 bits per heavy atom. The first-order valence-corrected chi connectivity index (χ1v) is 8.92. The molecule has 2 atom stereocenters. The van der Waals surface area contributed by atoms with Crippen molar-refractivity contribution in [3.63, 3.8) is 0 Å². The van der Waals surface area contributed by atoms with Crippen LogP contribution < -0.4 is 10.1 Å². The molecule has 126 valence electrons. The maximum Gasteiger partial charge on any atom is 0.311 e. The van der Waals surface area contributed by atoms with Crippen molar-refractivity contribution in [3.8, 4) is 5.75 Å².